The number of rotatable bonds is 2. The molecule has 0 aliphatic heterocycles. The Morgan fingerprint density at radius 3 is 2.00 bits per heavy atom. The van der Waals surface area contributed by atoms with Gasteiger partial charge in [-0.25, -0.2) is 0 Å². The Labute approximate surface area is 82.0 Å². The maximum atomic E-state index is 5.96. The average molecular weight is 174 g/mol. The summed E-state index contributed by atoms with van der Waals surface area (Å²) >= 11 is 0. The van der Waals surface area contributed by atoms with E-state index in [2.05, 4.69) is 33.8 Å². The van der Waals surface area contributed by atoms with Gasteiger partial charge in [-0.15, -0.1) is 0 Å². The van der Waals surface area contributed by atoms with E-state index in [-0.39, 0.29) is 0 Å². The molecule has 0 bridgehead atoms. The van der Waals surface area contributed by atoms with Gasteiger partial charge in [-0.1, -0.05) is 45.9 Å². The van der Waals surface area contributed by atoms with Gasteiger partial charge in [-0.3, -0.25) is 0 Å². The molecule has 0 unspecified atom stereocenters. The Kier molecular flexibility index (Phi) is 3.13. The van der Waals surface area contributed by atoms with Crippen molar-refractivity contribution in [3.05, 3.63) is 41.8 Å². The van der Waals surface area contributed by atoms with Crippen LogP contribution in [0.3, 0.4) is 0 Å². The van der Waals surface area contributed by atoms with Gasteiger partial charge in [0.25, 0.3) is 0 Å². The first kappa shape index (κ1) is 10.3. The van der Waals surface area contributed by atoms with E-state index in [4.69, 9.17) is 6.92 Å². The quantitative estimate of drug-likeness (QED) is 0.636. The highest BCUT2D eigenvalue weighted by atomic mass is 14.2. The van der Waals surface area contributed by atoms with Crippen molar-refractivity contribution in [3.8, 4) is 0 Å². The standard InChI is InChI=1S/C13H18/c1-9(2)12-8-6-7-11(5)13(12)10(3)4/h5-10H,1-4H3. The lowest BCUT2D eigenvalue weighted by Gasteiger charge is -2.18. The third kappa shape index (κ3) is 2.12. The molecule has 0 saturated carbocycles. The van der Waals surface area contributed by atoms with Gasteiger partial charge in [0.1, 0.15) is 0 Å². The fraction of sp³-hybridized carbons (Fsp3) is 0.462. The number of benzene rings is 1. The van der Waals surface area contributed by atoms with Crippen molar-refractivity contribution < 1.29 is 0 Å². The van der Waals surface area contributed by atoms with Crippen LogP contribution < -0.4 is 0 Å². The molecule has 0 aromatic heterocycles. The first-order valence-corrected chi connectivity index (χ1v) is 4.92. The summed E-state index contributed by atoms with van der Waals surface area (Å²) in [4.78, 5) is 0. The minimum atomic E-state index is 0.513. The van der Waals surface area contributed by atoms with Crippen LogP contribution >= 0.6 is 0 Å². The molecule has 0 spiro atoms. The minimum absolute atomic E-state index is 0.513. The van der Waals surface area contributed by atoms with Crippen LogP contribution in [0.2, 0.25) is 0 Å². The summed E-state index contributed by atoms with van der Waals surface area (Å²) in [6.45, 7) is 14.8. The molecule has 0 heterocycles. The molecular formula is C13H18. The lowest BCUT2D eigenvalue weighted by Crippen LogP contribution is -2.00. The van der Waals surface area contributed by atoms with Gasteiger partial charge in [0.2, 0.25) is 0 Å². The minimum Gasteiger partial charge on any atom is -0.0617 e. The van der Waals surface area contributed by atoms with Gasteiger partial charge in [0.15, 0.2) is 0 Å². The molecule has 1 aromatic rings. The summed E-state index contributed by atoms with van der Waals surface area (Å²) in [6, 6.07) is 6.20. The van der Waals surface area contributed by atoms with Crippen LogP contribution in [0.1, 0.15) is 56.2 Å². The van der Waals surface area contributed by atoms with E-state index in [0.717, 1.165) is 5.56 Å². The molecule has 70 valence electrons. The second-order valence-corrected chi connectivity index (χ2v) is 4.16. The van der Waals surface area contributed by atoms with Crippen molar-refractivity contribution in [2.45, 2.75) is 39.5 Å². The molecule has 0 aliphatic rings. The van der Waals surface area contributed by atoms with Crippen molar-refractivity contribution in [2.75, 3.05) is 0 Å². The van der Waals surface area contributed by atoms with Gasteiger partial charge < -0.3 is 0 Å². The third-order valence-electron chi connectivity index (χ3n) is 2.37. The summed E-state index contributed by atoms with van der Waals surface area (Å²) in [5.41, 5.74) is 3.63. The molecule has 0 N–H and O–H groups in total. The van der Waals surface area contributed by atoms with Crippen LogP contribution in [-0.2, 0) is 0 Å². The largest absolute Gasteiger partial charge is 0.0617 e. The number of hydrogen-bond acceptors (Lipinski definition) is 0. The van der Waals surface area contributed by atoms with E-state index in [1.165, 1.54) is 11.1 Å². The molecule has 2 radical (unpaired) electrons. The Hall–Kier alpha value is -0.780. The highest BCUT2D eigenvalue weighted by molar-refractivity contribution is 5.40. The lowest BCUT2D eigenvalue weighted by atomic mass is 9.87. The summed E-state index contributed by atoms with van der Waals surface area (Å²) in [5, 5.41) is 0. The SMILES string of the molecule is [CH]c1cccc(C(C)C)c1C(C)C. The summed E-state index contributed by atoms with van der Waals surface area (Å²) in [7, 11) is 0. The predicted molar refractivity (Wildman–Crippen MR) is 58.0 cm³/mol. The zero-order valence-electron chi connectivity index (χ0n) is 8.96. The van der Waals surface area contributed by atoms with Gasteiger partial charge in [-0.2, -0.15) is 0 Å². The van der Waals surface area contributed by atoms with Crippen LogP contribution in [0.5, 0.6) is 0 Å². The smallest absolute Gasteiger partial charge is 0.000890 e. The molecular weight excluding hydrogens is 156 g/mol. The first-order valence-electron chi connectivity index (χ1n) is 4.92. The van der Waals surface area contributed by atoms with Crippen molar-refractivity contribution in [2.24, 2.45) is 0 Å². The molecule has 1 rings (SSSR count). The summed E-state index contributed by atoms with van der Waals surface area (Å²) in [6.07, 6.45) is 0. The van der Waals surface area contributed by atoms with E-state index >= 15 is 0 Å². The van der Waals surface area contributed by atoms with E-state index in [0.29, 0.717) is 11.8 Å². The summed E-state index contributed by atoms with van der Waals surface area (Å²) < 4.78 is 0. The van der Waals surface area contributed by atoms with Crippen LogP contribution in [0, 0.1) is 6.92 Å². The Bertz CT molecular complexity index is 282. The van der Waals surface area contributed by atoms with Gasteiger partial charge >= 0.3 is 0 Å². The van der Waals surface area contributed by atoms with E-state index in [9.17, 15) is 0 Å². The molecule has 13 heavy (non-hydrogen) atoms. The summed E-state index contributed by atoms with van der Waals surface area (Å²) in [5.74, 6) is 1.07. The van der Waals surface area contributed by atoms with Crippen LogP contribution in [0.4, 0.5) is 0 Å². The van der Waals surface area contributed by atoms with Gasteiger partial charge in [0.05, 0.1) is 0 Å². The van der Waals surface area contributed by atoms with Gasteiger partial charge in [0, 0.05) is 0 Å². The van der Waals surface area contributed by atoms with Crippen molar-refractivity contribution in [1.82, 2.24) is 0 Å². The normalized spacial score (nSPS) is 11.3. The molecule has 0 fully saturated rings. The highest BCUT2D eigenvalue weighted by Crippen LogP contribution is 2.28. The van der Waals surface area contributed by atoms with Crippen molar-refractivity contribution in [1.29, 1.82) is 0 Å². The Morgan fingerprint density at radius 1 is 1.00 bits per heavy atom. The lowest BCUT2D eigenvalue weighted by molar-refractivity contribution is 0.786. The average Bonchev–Trinajstić information content (AvgIpc) is 2.02. The van der Waals surface area contributed by atoms with Crippen molar-refractivity contribution in [3.63, 3.8) is 0 Å². The first-order chi connectivity index (χ1) is 6.04. The van der Waals surface area contributed by atoms with Crippen LogP contribution in [0.25, 0.3) is 0 Å². The topological polar surface area (TPSA) is 0 Å². The van der Waals surface area contributed by atoms with Crippen LogP contribution in [-0.4, -0.2) is 0 Å². The zero-order valence-corrected chi connectivity index (χ0v) is 8.96. The molecule has 0 heteroatoms. The van der Waals surface area contributed by atoms with Crippen LogP contribution in [0.15, 0.2) is 18.2 Å². The molecule has 1 aromatic carbocycles. The fourth-order valence-corrected chi connectivity index (χ4v) is 1.77. The van der Waals surface area contributed by atoms with E-state index in [1.807, 2.05) is 12.1 Å². The second kappa shape index (κ2) is 3.95. The molecule has 0 aliphatic carbocycles. The van der Waals surface area contributed by atoms with Crippen molar-refractivity contribution >= 4 is 0 Å². The Balaban J connectivity index is 3.26. The molecule has 0 saturated heterocycles. The number of hydrogen-bond donors (Lipinski definition) is 0. The Morgan fingerprint density at radius 2 is 1.62 bits per heavy atom. The zero-order chi connectivity index (χ0) is 10.0. The molecule has 0 atom stereocenters. The monoisotopic (exact) mass is 174 g/mol. The third-order valence-corrected chi connectivity index (χ3v) is 2.37. The molecule has 0 amide bonds. The predicted octanol–water partition coefficient (Wildman–Crippen LogP) is 3.99. The second-order valence-electron chi connectivity index (χ2n) is 4.16. The maximum Gasteiger partial charge on any atom is -0.000890 e. The highest BCUT2D eigenvalue weighted by Gasteiger charge is 2.11. The molecule has 0 nitrogen and oxygen atoms in total. The maximum absolute atomic E-state index is 5.96. The van der Waals surface area contributed by atoms with E-state index in [1.54, 1.807) is 0 Å². The van der Waals surface area contributed by atoms with Gasteiger partial charge in [-0.05, 0) is 35.4 Å². The fourth-order valence-electron chi connectivity index (χ4n) is 1.77. The van der Waals surface area contributed by atoms with E-state index < -0.39 is 0 Å².